The van der Waals surface area contributed by atoms with Crippen LogP contribution in [-0.4, -0.2) is 49.7 Å². The van der Waals surface area contributed by atoms with Gasteiger partial charge in [-0.2, -0.15) is 0 Å². The van der Waals surface area contributed by atoms with Crippen molar-refractivity contribution in [3.63, 3.8) is 0 Å². The highest BCUT2D eigenvalue weighted by atomic mass is 16.5. The summed E-state index contributed by atoms with van der Waals surface area (Å²) < 4.78 is 10.8. The van der Waals surface area contributed by atoms with Gasteiger partial charge in [-0.1, -0.05) is 32.4 Å². The van der Waals surface area contributed by atoms with Gasteiger partial charge in [0.05, 0.1) is 7.11 Å². The summed E-state index contributed by atoms with van der Waals surface area (Å²) >= 11 is 0. The van der Waals surface area contributed by atoms with Crippen molar-refractivity contribution >= 4 is 11.9 Å². The van der Waals surface area contributed by atoms with E-state index in [-0.39, 0.29) is 23.3 Å². The highest BCUT2D eigenvalue weighted by Crippen LogP contribution is 2.37. The van der Waals surface area contributed by atoms with Crippen molar-refractivity contribution in [3.8, 4) is 5.75 Å². The molecule has 0 radical (unpaired) electrons. The first kappa shape index (κ1) is 18.7. The topological polar surface area (TPSA) is 67.9 Å². The van der Waals surface area contributed by atoms with Crippen LogP contribution in [0.2, 0.25) is 0 Å². The van der Waals surface area contributed by atoms with Gasteiger partial charge in [0.1, 0.15) is 11.8 Å². The molecule has 3 amide bonds. The molecule has 3 rings (SSSR count). The number of nitrogens with zero attached hydrogens (tertiary/aromatic N) is 1. The van der Waals surface area contributed by atoms with E-state index < -0.39 is 6.04 Å². The molecule has 0 saturated carbocycles. The summed E-state index contributed by atoms with van der Waals surface area (Å²) in [6, 6.07) is 7.24. The van der Waals surface area contributed by atoms with Crippen LogP contribution in [-0.2, 0) is 14.9 Å². The monoisotopic (exact) mass is 360 g/mol. The zero-order valence-corrected chi connectivity index (χ0v) is 15.8. The molecule has 2 fully saturated rings. The minimum Gasteiger partial charge on any atom is -0.497 e. The van der Waals surface area contributed by atoms with Gasteiger partial charge in [-0.3, -0.25) is 9.69 Å². The van der Waals surface area contributed by atoms with Crippen molar-refractivity contribution in [2.24, 2.45) is 5.92 Å². The van der Waals surface area contributed by atoms with Gasteiger partial charge in [0.2, 0.25) is 0 Å². The molecule has 2 aliphatic heterocycles. The van der Waals surface area contributed by atoms with Crippen molar-refractivity contribution < 1.29 is 19.1 Å². The van der Waals surface area contributed by atoms with E-state index in [1.165, 1.54) is 4.90 Å². The highest BCUT2D eigenvalue weighted by Gasteiger charge is 2.45. The molecule has 0 aliphatic carbocycles. The molecule has 2 atom stereocenters. The maximum absolute atomic E-state index is 12.9. The predicted molar refractivity (Wildman–Crippen MR) is 98.2 cm³/mol. The fourth-order valence-electron chi connectivity index (χ4n) is 3.86. The number of rotatable bonds is 6. The van der Waals surface area contributed by atoms with E-state index in [9.17, 15) is 9.59 Å². The highest BCUT2D eigenvalue weighted by molar-refractivity contribution is 6.04. The number of hydrogen-bond donors (Lipinski definition) is 1. The van der Waals surface area contributed by atoms with Gasteiger partial charge in [-0.05, 0) is 36.5 Å². The molecule has 0 spiro atoms. The first-order valence-electron chi connectivity index (χ1n) is 9.35. The molecule has 6 nitrogen and oxygen atoms in total. The van der Waals surface area contributed by atoms with Crippen LogP contribution in [0.5, 0.6) is 5.75 Å². The fourth-order valence-corrected chi connectivity index (χ4v) is 3.86. The molecule has 2 saturated heterocycles. The van der Waals surface area contributed by atoms with Crippen molar-refractivity contribution in [3.05, 3.63) is 29.8 Å². The molecule has 6 heteroatoms. The number of amides is 3. The van der Waals surface area contributed by atoms with Crippen LogP contribution in [0.15, 0.2) is 24.3 Å². The summed E-state index contributed by atoms with van der Waals surface area (Å²) in [4.78, 5) is 26.8. The fraction of sp³-hybridized carbons (Fsp3) is 0.600. The summed E-state index contributed by atoms with van der Waals surface area (Å²) in [7, 11) is 1.64. The zero-order chi connectivity index (χ0) is 18.7. The Balaban J connectivity index is 1.86. The van der Waals surface area contributed by atoms with E-state index in [1.54, 1.807) is 7.11 Å². The smallest absolute Gasteiger partial charge is 0.324 e. The lowest BCUT2D eigenvalue weighted by molar-refractivity contribution is -0.129. The van der Waals surface area contributed by atoms with E-state index in [0.717, 1.165) is 30.6 Å². The Morgan fingerprint density at radius 3 is 2.50 bits per heavy atom. The number of carbonyl (C=O) groups is 2. The lowest BCUT2D eigenvalue weighted by Crippen LogP contribution is -2.47. The van der Waals surface area contributed by atoms with E-state index in [4.69, 9.17) is 9.47 Å². The summed E-state index contributed by atoms with van der Waals surface area (Å²) in [6.45, 7) is 5.68. The molecule has 0 bridgehead atoms. The van der Waals surface area contributed by atoms with Crippen molar-refractivity contribution in [1.29, 1.82) is 0 Å². The normalized spacial score (nSPS) is 23.7. The van der Waals surface area contributed by atoms with Crippen molar-refractivity contribution in [2.75, 3.05) is 26.9 Å². The molecule has 142 valence electrons. The van der Waals surface area contributed by atoms with Gasteiger partial charge in [0, 0.05) is 25.2 Å². The Labute approximate surface area is 154 Å². The largest absolute Gasteiger partial charge is 0.497 e. The lowest BCUT2D eigenvalue weighted by Gasteiger charge is -2.39. The third kappa shape index (κ3) is 3.43. The summed E-state index contributed by atoms with van der Waals surface area (Å²) in [5.41, 5.74) is 0.844. The van der Waals surface area contributed by atoms with Gasteiger partial charge in [-0.15, -0.1) is 0 Å². The number of ether oxygens (including phenoxy) is 2. The van der Waals surface area contributed by atoms with Crippen LogP contribution in [0.3, 0.4) is 0 Å². The van der Waals surface area contributed by atoms with Gasteiger partial charge in [0.15, 0.2) is 0 Å². The average Bonchev–Trinajstić information content (AvgIpc) is 2.96. The first-order chi connectivity index (χ1) is 12.5. The van der Waals surface area contributed by atoms with Crippen molar-refractivity contribution in [2.45, 2.75) is 44.6 Å². The molecule has 2 heterocycles. The van der Waals surface area contributed by atoms with Crippen LogP contribution >= 0.6 is 0 Å². The quantitative estimate of drug-likeness (QED) is 0.792. The maximum atomic E-state index is 12.9. The van der Waals surface area contributed by atoms with Gasteiger partial charge >= 0.3 is 6.03 Å². The van der Waals surface area contributed by atoms with E-state index in [2.05, 4.69) is 5.32 Å². The summed E-state index contributed by atoms with van der Waals surface area (Å²) in [6.07, 6.45) is 2.41. The Kier molecular flexibility index (Phi) is 5.51. The molecular weight excluding hydrogens is 332 g/mol. The van der Waals surface area contributed by atoms with E-state index >= 15 is 0 Å². The maximum Gasteiger partial charge on any atom is 0.324 e. The van der Waals surface area contributed by atoms with Crippen LogP contribution in [0.1, 0.15) is 38.7 Å². The molecule has 0 aromatic heterocycles. The molecule has 2 aliphatic rings. The Morgan fingerprint density at radius 1 is 1.27 bits per heavy atom. The SMILES string of the molecule is CC[C@H](C)[C@@H]1NC(=O)N(CC2(c3ccc(OC)cc3)CCOCC2)C1=O. The molecule has 1 aromatic rings. The number of imide groups is 1. The third-order valence-electron chi connectivity index (χ3n) is 5.88. The van der Waals surface area contributed by atoms with Crippen LogP contribution < -0.4 is 10.1 Å². The predicted octanol–water partition coefficient (Wildman–Crippen LogP) is 2.71. The van der Waals surface area contributed by atoms with Gasteiger partial charge in [0.25, 0.3) is 5.91 Å². The second-order valence-corrected chi connectivity index (χ2v) is 7.36. The molecular formula is C20H28N2O4. The number of hydrogen-bond acceptors (Lipinski definition) is 4. The summed E-state index contributed by atoms with van der Waals surface area (Å²) in [5.74, 6) is 0.814. The van der Waals surface area contributed by atoms with Crippen molar-refractivity contribution in [1.82, 2.24) is 10.2 Å². The second-order valence-electron chi connectivity index (χ2n) is 7.36. The second kappa shape index (κ2) is 7.66. The average molecular weight is 360 g/mol. The molecule has 0 unspecified atom stereocenters. The van der Waals surface area contributed by atoms with Crippen LogP contribution in [0, 0.1) is 5.92 Å². The van der Waals surface area contributed by atoms with Gasteiger partial charge in [-0.25, -0.2) is 4.79 Å². The third-order valence-corrected chi connectivity index (χ3v) is 5.88. The first-order valence-corrected chi connectivity index (χ1v) is 9.35. The zero-order valence-electron chi connectivity index (χ0n) is 15.8. The number of nitrogens with one attached hydrogen (secondary N) is 1. The van der Waals surface area contributed by atoms with E-state index in [1.807, 2.05) is 38.1 Å². The molecule has 26 heavy (non-hydrogen) atoms. The molecule has 1 aromatic carbocycles. The van der Waals surface area contributed by atoms with Gasteiger partial charge < -0.3 is 14.8 Å². The summed E-state index contributed by atoms with van der Waals surface area (Å²) in [5, 5.41) is 2.87. The van der Waals surface area contributed by atoms with Crippen LogP contribution in [0.25, 0.3) is 0 Å². The number of urea groups is 1. The Morgan fingerprint density at radius 2 is 1.92 bits per heavy atom. The number of methoxy groups -OCH3 is 1. The Bertz CT molecular complexity index is 652. The lowest BCUT2D eigenvalue weighted by atomic mass is 9.73. The molecule has 1 N–H and O–H groups in total. The number of carbonyl (C=O) groups excluding carboxylic acids is 2. The standard InChI is InChI=1S/C20H28N2O4/c1-4-14(2)17-18(23)22(19(24)21-17)13-20(9-11-26-12-10-20)15-5-7-16(25-3)8-6-15/h5-8,14,17H,4,9-13H2,1-3H3,(H,21,24)/t14-,17-/m0/s1. The van der Waals surface area contributed by atoms with E-state index in [0.29, 0.717) is 19.8 Å². The minimum atomic E-state index is -0.416. The Hall–Kier alpha value is -2.08. The van der Waals surface area contributed by atoms with Crippen LogP contribution in [0.4, 0.5) is 4.79 Å². The number of benzene rings is 1. The minimum absolute atomic E-state index is 0.108.